The van der Waals surface area contributed by atoms with Gasteiger partial charge in [-0.05, 0) is 30.2 Å². The minimum atomic E-state index is -0.277. The number of pyridine rings is 1. The Morgan fingerprint density at radius 3 is 2.53 bits per heavy atom. The number of halogens is 2. The van der Waals surface area contributed by atoms with Gasteiger partial charge in [0.25, 0.3) is 0 Å². The van der Waals surface area contributed by atoms with Crippen LogP contribution in [-0.4, -0.2) is 12.1 Å². The summed E-state index contributed by atoms with van der Waals surface area (Å²) in [6.07, 6.45) is 2.19. The van der Waals surface area contributed by atoms with E-state index in [0.717, 1.165) is 11.1 Å². The highest BCUT2D eigenvalue weighted by atomic mass is 35.5. The number of rotatable bonds is 4. The molecule has 0 radical (unpaired) electrons. The highest BCUT2D eigenvalue weighted by Crippen LogP contribution is 2.30. The topological polar surface area (TPSA) is 48.1 Å². The maximum absolute atomic E-state index is 6.20. The minimum Gasteiger partial charge on any atom is -0.481 e. The molecule has 0 fully saturated rings. The molecule has 1 atom stereocenters. The first kappa shape index (κ1) is 14.1. The summed E-state index contributed by atoms with van der Waals surface area (Å²) in [4.78, 5) is 4.14. The monoisotopic (exact) mass is 296 g/mol. The molecule has 2 N–H and O–H groups in total. The van der Waals surface area contributed by atoms with E-state index in [1.54, 1.807) is 25.4 Å². The quantitative estimate of drug-likeness (QED) is 0.937. The van der Waals surface area contributed by atoms with E-state index in [1.807, 2.05) is 18.2 Å². The van der Waals surface area contributed by atoms with Gasteiger partial charge in [-0.3, -0.25) is 0 Å². The first-order valence-electron chi connectivity index (χ1n) is 5.81. The second kappa shape index (κ2) is 6.24. The van der Waals surface area contributed by atoms with E-state index in [0.29, 0.717) is 22.3 Å². The molecular formula is C14H14Cl2N2O. The van der Waals surface area contributed by atoms with Crippen LogP contribution in [0.3, 0.4) is 0 Å². The maximum Gasteiger partial charge on any atom is 0.217 e. The van der Waals surface area contributed by atoms with Gasteiger partial charge in [0.05, 0.1) is 7.11 Å². The van der Waals surface area contributed by atoms with E-state index in [1.165, 1.54) is 0 Å². The largest absolute Gasteiger partial charge is 0.481 e. The third kappa shape index (κ3) is 3.18. The van der Waals surface area contributed by atoms with Crippen molar-refractivity contribution in [3.05, 3.63) is 57.7 Å². The molecule has 100 valence electrons. The molecule has 19 heavy (non-hydrogen) atoms. The van der Waals surface area contributed by atoms with Crippen molar-refractivity contribution in [2.75, 3.05) is 7.11 Å². The molecule has 0 aliphatic carbocycles. The van der Waals surface area contributed by atoms with Crippen molar-refractivity contribution in [1.29, 1.82) is 0 Å². The summed E-state index contributed by atoms with van der Waals surface area (Å²) < 4.78 is 5.21. The molecule has 1 unspecified atom stereocenters. The van der Waals surface area contributed by atoms with Crippen molar-refractivity contribution in [3.8, 4) is 5.88 Å². The first-order valence-corrected chi connectivity index (χ1v) is 6.56. The molecule has 0 saturated carbocycles. The fraction of sp³-hybridized carbons (Fsp3) is 0.214. The normalized spacial score (nSPS) is 12.2. The zero-order chi connectivity index (χ0) is 13.8. The molecule has 1 aromatic heterocycles. The van der Waals surface area contributed by atoms with Crippen molar-refractivity contribution in [3.63, 3.8) is 0 Å². The molecule has 0 spiro atoms. The summed E-state index contributed by atoms with van der Waals surface area (Å²) in [5.74, 6) is 0.526. The highest BCUT2D eigenvalue weighted by Gasteiger charge is 2.16. The van der Waals surface area contributed by atoms with Crippen LogP contribution >= 0.6 is 23.2 Å². The molecule has 2 rings (SSSR count). The van der Waals surface area contributed by atoms with Crippen LogP contribution in [0.5, 0.6) is 5.88 Å². The predicted molar refractivity (Wildman–Crippen MR) is 77.9 cm³/mol. The number of aromatic nitrogens is 1. The Balaban J connectivity index is 2.28. The second-order valence-electron chi connectivity index (χ2n) is 4.11. The van der Waals surface area contributed by atoms with Crippen molar-refractivity contribution >= 4 is 23.2 Å². The molecule has 2 aromatic rings. The highest BCUT2D eigenvalue weighted by molar-refractivity contribution is 6.36. The molecule has 5 heteroatoms. The Labute approximate surface area is 122 Å². The summed E-state index contributed by atoms with van der Waals surface area (Å²) in [6, 6.07) is 8.85. The zero-order valence-electron chi connectivity index (χ0n) is 10.4. The number of ether oxygens (including phenoxy) is 1. The number of hydrogen-bond donors (Lipinski definition) is 1. The summed E-state index contributed by atoms with van der Waals surface area (Å²) >= 11 is 12.3. The van der Waals surface area contributed by atoms with Gasteiger partial charge in [-0.15, -0.1) is 0 Å². The van der Waals surface area contributed by atoms with Crippen molar-refractivity contribution in [1.82, 2.24) is 4.98 Å². The lowest BCUT2D eigenvalue weighted by molar-refractivity contribution is 0.388. The van der Waals surface area contributed by atoms with E-state index < -0.39 is 0 Å². The Morgan fingerprint density at radius 2 is 1.89 bits per heavy atom. The van der Waals surface area contributed by atoms with Gasteiger partial charge in [-0.2, -0.15) is 0 Å². The average Bonchev–Trinajstić information content (AvgIpc) is 2.42. The number of nitrogens with two attached hydrogens (primary N) is 1. The number of benzene rings is 1. The SMILES string of the molecule is COc1ncccc1C(N)Cc1c(Cl)cccc1Cl. The second-order valence-corrected chi connectivity index (χ2v) is 4.93. The van der Waals surface area contributed by atoms with Gasteiger partial charge in [0.1, 0.15) is 0 Å². The lowest BCUT2D eigenvalue weighted by atomic mass is 10.0. The summed E-state index contributed by atoms with van der Waals surface area (Å²) in [5, 5.41) is 1.23. The van der Waals surface area contributed by atoms with Crippen LogP contribution < -0.4 is 10.5 Å². The third-order valence-electron chi connectivity index (χ3n) is 2.88. The van der Waals surface area contributed by atoms with Crippen molar-refractivity contribution in [2.24, 2.45) is 5.73 Å². The van der Waals surface area contributed by atoms with Crippen molar-refractivity contribution in [2.45, 2.75) is 12.5 Å². The molecule has 0 amide bonds. The Morgan fingerprint density at radius 1 is 1.21 bits per heavy atom. The zero-order valence-corrected chi connectivity index (χ0v) is 11.9. The van der Waals surface area contributed by atoms with E-state index in [9.17, 15) is 0 Å². The fourth-order valence-electron chi connectivity index (χ4n) is 1.91. The van der Waals surface area contributed by atoms with E-state index in [2.05, 4.69) is 4.98 Å². The van der Waals surface area contributed by atoms with Crippen LogP contribution in [0.4, 0.5) is 0 Å². The van der Waals surface area contributed by atoms with Crippen LogP contribution in [0.15, 0.2) is 36.5 Å². The van der Waals surface area contributed by atoms with Crippen LogP contribution in [0.2, 0.25) is 10.0 Å². The lowest BCUT2D eigenvalue weighted by Crippen LogP contribution is -2.15. The summed E-state index contributed by atoms with van der Waals surface area (Å²) in [5.41, 5.74) is 7.88. The van der Waals surface area contributed by atoms with Crippen LogP contribution in [0, 0.1) is 0 Å². The molecule has 1 aromatic carbocycles. The van der Waals surface area contributed by atoms with Gasteiger partial charge in [0.2, 0.25) is 5.88 Å². The summed E-state index contributed by atoms with van der Waals surface area (Å²) in [7, 11) is 1.57. The van der Waals surface area contributed by atoms with E-state index in [-0.39, 0.29) is 6.04 Å². The molecule has 0 bridgehead atoms. The molecular weight excluding hydrogens is 283 g/mol. The van der Waals surface area contributed by atoms with Gasteiger partial charge in [-0.1, -0.05) is 35.3 Å². The van der Waals surface area contributed by atoms with Gasteiger partial charge in [-0.25, -0.2) is 4.98 Å². The molecule has 0 aliphatic heterocycles. The smallest absolute Gasteiger partial charge is 0.217 e. The van der Waals surface area contributed by atoms with Crippen LogP contribution in [0.1, 0.15) is 17.2 Å². The lowest BCUT2D eigenvalue weighted by Gasteiger charge is -2.16. The van der Waals surface area contributed by atoms with Gasteiger partial charge in [0.15, 0.2) is 0 Å². The van der Waals surface area contributed by atoms with E-state index in [4.69, 9.17) is 33.7 Å². The van der Waals surface area contributed by atoms with Crippen molar-refractivity contribution < 1.29 is 4.74 Å². The number of nitrogens with zero attached hydrogens (tertiary/aromatic N) is 1. The Bertz CT molecular complexity index is 555. The van der Waals surface area contributed by atoms with Gasteiger partial charge >= 0.3 is 0 Å². The van der Waals surface area contributed by atoms with Crippen LogP contribution in [-0.2, 0) is 6.42 Å². The number of hydrogen-bond acceptors (Lipinski definition) is 3. The molecule has 1 heterocycles. The molecule has 3 nitrogen and oxygen atoms in total. The Kier molecular flexibility index (Phi) is 4.64. The first-order chi connectivity index (χ1) is 9.13. The van der Waals surface area contributed by atoms with Gasteiger partial charge < -0.3 is 10.5 Å². The predicted octanol–water partition coefficient (Wildman–Crippen LogP) is 3.64. The summed E-state index contributed by atoms with van der Waals surface area (Å²) in [6.45, 7) is 0. The minimum absolute atomic E-state index is 0.277. The number of methoxy groups -OCH3 is 1. The fourth-order valence-corrected chi connectivity index (χ4v) is 2.46. The van der Waals surface area contributed by atoms with Crippen LogP contribution in [0.25, 0.3) is 0 Å². The Hall–Kier alpha value is -1.29. The van der Waals surface area contributed by atoms with Gasteiger partial charge in [0, 0.05) is 27.8 Å². The standard InChI is InChI=1S/C14H14Cl2N2O/c1-19-14-9(4-3-7-18-14)13(17)8-10-11(15)5-2-6-12(10)16/h2-7,13H,8,17H2,1H3. The molecule has 0 aliphatic rings. The van der Waals surface area contributed by atoms with E-state index >= 15 is 0 Å². The molecule has 0 saturated heterocycles. The maximum atomic E-state index is 6.20. The average molecular weight is 297 g/mol. The third-order valence-corrected chi connectivity index (χ3v) is 3.59.